The Morgan fingerprint density at radius 2 is 1.52 bits per heavy atom. The summed E-state index contributed by atoms with van der Waals surface area (Å²) in [6.07, 6.45) is 3.74. The van der Waals surface area contributed by atoms with Gasteiger partial charge in [0.1, 0.15) is 0 Å². The summed E-state index contributed by atoms with van der Waals surface area (Å²) in [7, 11) is 2.15. The molecule has 0 saturated carbocycles. The van der Waals surface area contributed by atoms with Crippen LogP contribution in [-0.4, -0.2) is 54.4 Å². The van der Waals surface area contributed by atoms with Crippen molar-refractivity contribution < 1.29 is 5.21 Å². The third-order valence-electron chi connectivity index (χ3n) is 5.01. The molecule has 0 amide bonds. The van der Waals surface area contributed by atoms with Gasteiger partial charge in [-0.05, 0) is 36.6 Å². The average molecular weight is 337 g/mol. The Hall–Kier alpha value is -2.17. The zero-order valence-electron chi connectivity index (χ0n) is 14.9. The third-order valence-corrected chi connectivity index (χ3v) is 5.01. The highest BCUT2D eigenvalue weighted by atomic mass is 16.4. The van der Waals surface area contributed by atoms with E-state index in [1.54, 1.807) is 6.21 Å². The van der Waals surface area contributed by atoms with E-state index in [4.69, 9.17) is 5.21 Å². The standard InChI is InChI=1S/C21H27N3O/c1-23-13-15-24(16-14-23)21(17-22-25)20-11-9-19(10-12-20)8-7-18-5-3-2-4-6-18/h2-6,9-12,17,21,25H,7-8,13-16H2,1H3/b22-17-. The molecule has 1 aliphatic heterocycles. The Balaban J connectivity index is 1.64. The number of benzene rings is 2. The van der Waals surface area contributed by atoms with Gasteiger partial charge in [-0.25, -0.2) is 0 Å². The van der Waals surface area contributed by atoms with Crippen LogP contribution in [0.4, 0.5) is 0 Å². The van der Waals surface area contributed by atoms with Crippen LogP contribution in [0.25, 0.3) is 0 Å². The van der Waals surface area contributed by atoms with Gasteiger partial charge in [0.05, 0.1) is 12.3 Å². The molecule has 0 aliphatic carbocycles. The monoisotopic (exact) mass is 337 g/mol. The normalized spacial score (nSPS) is 17.8. The summed E-state index contributed by atoms with van der Waals surface area (Å²) < 4.78 is 0. The molecule has 2 aromatic carbocycles. The van der Waals surface area contributed by atoms with Gasteiger partial charge in [-0.1, -0.05) is 54.6 Å². The third kappa shape index (κ3) is 4.91. The van der Waals surface area contributed by atoms with E-state index in [1.165, 1.54) is 16.7 Å². The molecule has 0 aromatic heterocycles. The van der Waals surface area contributed by atoms with Crippen molar-refractivity contribution in [3.63, 3.8) is 0 Å². The van der Waals surface area contributed by atoms with Crippen molar-refractivity contribution in [1.29, 1.82) is 0 Å². The maximum absolute atomic E-state index is 9.08. The molecule has 4 heteroatoms. The van der Waals surface area contributed by atoms with Crippen LogP contribution >= 0.6 is 0 Å². The number of nitrogens with zero attached hydrogens (tertiary/aromatic N) is 3. The summed E-state index contributed by atoms with van der Waals surface area (Å²) in [6.45, 7) is 4.07. The van der Waals surface area contributed by atoms with Gasteiger partial charge >= 0.3 is 0 Å². The molecular formula is C21H27N3O. The van der Waals surface area contributed by atoms with E-state index in [0.29, 0.717) is 0 Å². The number of hydrogen-bond acceptors (Lipinski definition) is 4. The van der Waals surface area contributed by atoms with Crippen LogP contribution in [-0.2, 0) is 12.8 Å². The quantitative estimate of drug-likeness (QED) is 0.500. The number of rotatable bonds is 6. The zero-order chi connectivity index (χ0) is 17.5. The molecule has 25 heavy (non-hydrogen) atoms. The van der Waals surface area contributed by atoms with E-state index < -0.39 is 0 Å². The molecule has 1 N–H and O–H groups in total. The van der Waals surface area contributed by atoms with Crippen molar-refractivity contribution in [2.24, 2.45) is 5.16 Å². The highest BCUT2D eigenvalue weighted by Crippen LogP contribution is 2.21. The number of likely N-dealkylation sites (N-methyl/N-ethyl adjacent to an activating group) is 1. The lowest BCUT2D eigenvalue weighted by atomic mass is 10.00. The maximum atomic E-state index is 9.08. The fraction of sp³-hybridized carbons (Fsp3) is 0.381. The van der Waals surface area contributed by atoms with Crippen LogP contribution in [0.3, 0.4) is 0 Å². The molecule has 1 saturated heterocycles. The molecule has 132 valence electrons. The smallest absolute Gasteiger partial charge is 0.0740 e. The van der Waals surface area contributed by atoms with Gasteiger partial charge in [0.2, 0.25) is 0 Å². The molecule has 4 nitrogen and oxygen atoms in total. The molecule has 0 spiro atoms. The summed E-state index contributed by atoms with van der Waals surface area (Å²) in [4.78, 5) is 4.70. The molecule has 1 fully saturated rings. The number of oxime groups is 1. The lowest BCUT2D eigenvalue weighted by Gasteiger charge is -2.36. The van der Waals surface area contributed by atoms with Gasteiger partial charge in [0.25, 0.3) is 0 Å². The average Bonchev–Trinajstić information content (AvgIpc) is 2.67. The second-order valence-corrected chi connectivity index (χ2v) is 6.78. The van der Waals surface area contributed by atoms with Gasteiger partial charge in [0.15, 0.2) is 0 Å². The van der Waals surface area contributed by atoms with E-state index in [0.717, 1.165) is 39.0 Å². The first-order chi connectivity index (χ1) is 12.3. The molecule has 2 aromatic rings. The minimum atomic E-state index is 0.0434. The van der Waals surface area contributed by atoms with Gasteiger partial charge in [0, 0.05) is 26.2 Å². The Morgan fingerprint density at radius 3 is 2.12 bits per heavy atom. The van der Waals surface area contributed by atoms with Gasteiger partial charge in [-0.2, -0.15) is 0 Å². The molecular weight excluding hydrogens is 310 g/mol. The summed E-state index contributed by atoms with van der Waals surface area (Å²) in [5.41, 5.74) is 3.89. The molecule has 1 atom stereocenters. The minimum Gasteiger partial charge on any atom is -0.411 e. The largest absolute Gasteiger partial charge is 0.411 e. The van der Waals surface area contributed by atoms with Crippen molar-refractivity contribution in [1.82, 2.24) is 9.80 Å². The molecule has 1 aliphatic rings. The fourth-order valence-corrected chi connectivity index (χ4v) is 3.37. The van der Waals surface area contributed by atoms with E-state index in [1.807, 2.05) is 0 Å². The van der Waals surface area contributed by atoms with Crippen LogP contribution in [0.2, 0.25) is 0 Å². The van der Waals surface area contributed by atoms with Crippen molar-refractivity contribution >= 4 is 6.21 Å². The summed E-state index contributed by atoms with van der Waals surface area (Å²) in [5, 5.41) is 12.4. The van der Waals surface area contributed by atoms with Crippen LogP contribution in [0.1, 0.15) is 22.7 Å². The van der Waals surface area contributed by atoms with Crippen LogP contribution in [0.15, 0.2) is 59.8 Å². The number of aryl methyl sites for hydroxylation is 2. The summed E-state index contributed by atoms with van der Waals surface area (Å²) >= 11 is 0. The molecule has 1 heterocycles. The first kappa shape index (κ1) is 17.6. The van der Waals surface area contributed by atoms with Gasteiger partial charge in [-0.3, -0.25) is 4.90 Å². The predicted molar refractivity (Wildman–Crippen MR) is 102 cm³/mol. The van der Waals surface area contributed by atoms with Crippen LogP contribution in [0, 0.1) is 0 Å². The molecule has 0 radical (unpaired) electrons. The summed E-state index contributed by atoms with van der Waals surface area (Å²) in [6, 6.07) is 19.4. The molecule has 1 unspecified atom stereocenters. The van der Waals surface area contributed by atoms with Gasteiger partial charge in [-0.15, -0.1) is 5.16 Å². The second-order valence-electron chi connectivity index (χ2n) is 6.78. The zero-order valence-corrected chi connectivity index (χ0v) is 14.9. The van der Waals surface area contributed by atoms with E-state index in [9.17, 15) is 0 Å². The Morgan fingerprint density at radius 1 is 0.920 bits per heavy atom. The fourth-order valence-electron chi connectivity index (χ4n) is 3.37. The Bertz CT molecular complexity index is 661. The molecule has 0 bridgehead atoms. The highest BCUT2D eigenvalue weighted by Gasteiger charge is 2.22. The SMILES string of the molecule is CN1CCN(C(/C=N\O)c2ccc(CCc3ccccc3)cc2)CC1. The first-order valence-corrected chi connectivity index (χ1v) is 8.99. The van der Waals surface area contributed by atoms with Crippen LogP contribution < -0.4 is 0 Å². The summed E-state index contributed by atoms with van der Waals surface area (Å²) in [5.74, 6) is 0. The minimum absolute atomic E-state index is 0.0434. The Labute approximate surface area is 150 Å². The Kier molecular flexibility index (Phi) is 6.20. The van der Waals surface area contributed by atoms with E-state index >= 15 is 0 Å². The van der Waals surface area contributed by atoms with Gasteiger partial charge < -0.3 is 10.1 Å². The molecule has 3 rings (SSSR count). The lowest BCUT2D eigenvalue weighted by Crippen LogP contribution is -2.46. The number of piperazine rings is 1. The maximum Gasteiger partial charge on any atom is 0.0740 e. The second kappa shape index (κ2) is 8.79. The van der Waals surface area contributed by atoms with Crippen LogP contribution in [0.5, 0.6) is 0 Å². The van der Waals surface area contributed by atoms with E-state index in [-0.39, 0.29) is 6.04 Å². The topological polar surface area (TPSA) is 39.1 Å². The van der Waals surface area contributed by atoms with Crippen molar-refractivity contribution in [2.45, 2.75) is 18.9 Å². The van der Waals surface area contributed by atoms with Crippen molar-refractivity contribution in [3.05, 3.63) is 71.3 Å². The highest BCUT2D eigenvalue weighted by molar-refractivity contribution is 5.66. The first-order valence-electron chi connectivity index (χ1n) is 8.99. The number of hydrogen-bond donors (Lipinski definition) is 1. The van der Waals surface area contributed by atoms with Crippen molar-refractivity contribution in [2.75, 3.05) is 33.2 Å². The van der Waals surface area contributed by atoms with Crippen molar-refractivity contribution in [3.8, 4) is 0 Å². The lowest BCUT2D eigenvalue weighted by molar-refractivity contribution is 0.137. The van der Waals surface area contributed by atoms with E-state index in [2.05, 4.69) is 76.6 Å². The predicted octanol–water partition coefficient (Wildman–Crippen LogP) is 3.22.